The summed E-state index contributed by atoms with van der Waals surface area (Å²) in [6.45, 7) is 0. The molecule has 2 heterocycles. The topological polar surface area (TPSA) is 85.6 Å². The van der Waals surface area contributed by atoms with Gasteiger partial charge in [-0.25, -0.2) is 4.98 Å². The number of hydrogen-bond donors (Lipinski definition) is 2. The predicted molar refractivity (Wildman–Crippen MR) is 83.2 cm³/mol. The van der Waals surface area contributed by atoms with Crippen LogP contribution in [-0.4, -0.2) is 40.8 Å². The molecule has 2 N–H and O–H groups in total. The Morgan fingerprint density at radius 1 is 1.14 bits per heavy atom. The van der Waals surface area contributed by atoms with E-state index in [2.05, 4.69) is 25.8 Å². The van der Waals surface area contributed by atoms with Crippen LogP contribution in [0.25, 0.3) is 5.65 Å². The average Bonchev–Trinajstić information content (AvgIpc) is 2.99. The molecule has 1 aromatic carbocycles. The van der Waals surface area contributed by atoms with Gasteiger partial charge in [-0.1, -0.05) is 0 Å². The Hall–Kier alpha value is -3.03. The number of hydrogen-bond acceptors (Lipinski definition) is 7. The van der Waals surface area contributed by atoms with E-state index in [9.17, 15) is 0 Å². The van der Waals surface area contributed by atoms with Gasteiger partial charge in [-0.3, -0.25) is 4.40 Å². The van der Waals surface area contributed by atoms with Gasteiger partial charge in [-0.2, -0.15) is 0 Å². The van der Waals surface area contributed by atoms with Crippen molar-refractivity contribution in [1.82, 2.24) is 19.6 Å². The van der Waals surface area contributed by atoms with Gasteiger partial charge in [0.15, 0.2) is 5.82 Å². The Balaban J connectivity index is 2.01. The van der Waals surface area contributed by atoms with Crippen molar-refractivity contribution in [3.05, 3.63) is 30.6 Å². The number of ether oxygens (including phenoxy) is 2. The van der Waals surface area contributed by atoms with Gasteiger partial charge in [0, 0.05) is 25.5 Å². The van der Waals surface area contributed by atoms with Gasteiger partial charge in [0.2, 0.25) is 11.6 Å². The van der Waals surface area contributed by atoms with Crippen LogP contribution in [-0.2, 0) is 0 Å². The SMILES string of the molecule is CNc1nnc2c(Nc3ccc(OC)cc3OC)nccn12. The zero-order chi connectivity index (χ0) is 15.5. The maximum Gasteiger partial charge on any atom is 0.228 e. The standard InChI is InChI=1S/C14H16N6O2/c1-15-14-19-18-13-12(16-6-7-20(13)14)17-10-5-4-9(21-2)8-11(10)22-3/h4-8H,1-3H3,(H,15,19)(H,16,17). The molecule has 0 fully saturated rings. The molecule has 0 spiro atoms. The van der Waals surface area contributed by atoms with E-state index in [4.69, 9.17) is 9.47 Å². The fourth-order valence-corrected chi connectivity index (χ4v) is 2.11. The van der Waals surface area contributed by atoms with Crippen molar-refractivity contribution in [2.45, 2.75) is 0 Å². The van der Waals surface area contributed by atoms with Crippen LogP contribution < -0.4 is 20.1 Å². The van der Waals surface area contributed by atoms with Crippen LogP contribution in [0.1, 0.15) is 0 Å². The minimum absolute atomic E-state index is 0.583. The summed E-state index contributed by atoms with van der Waals surface area (Å²) in [5, 5.41) is 14.4. The van der Waals surface area contributed by atoms with Crippen LogP contribution in [0.4, 0.5) is 17.5 Å². The molecule has 2 aromatic heterocycles. The Morgan fingerprint density at radius 2 is 2.00 bits per heavy atom. The highest BCUT2D eigenvalue weighted by atomic mass is 16.5. The summed E-state index contributed by atoms with van der Waals surface area (Å²) in [5.74, 6) is 2.59. The molecule has 0 bridgehead atoms. The average molecular weight is 300 g/mol. The summed E-state index contributed by atoms with van der Waals surface area (Å²) in [5.41, 5.74) is 1.38. The monoisotopic (exact) mass is 300 g/mol. The number of fused-ring (bicyclic) bond motifs is 1. The lowest BCUT2D eigenvalue weighted by Gasteiger charge is -2.12. The number of anilines is 3. The lowest BCUT2D eigenvalue weighted by Crippen LogP contribution is -2.01. The molecule has 114 valence electrons. The van der Waals surface area contributed by atoms with Crippen LogP contribution in [0.3, 0.4) is 0 Å². The summed E-state index contributed by atoms with van der Waals surface area (Å²) in [4.78, 5) is 4.32. The van der Waals surface area contributed by atoms with E-state index >= 15 is 0 Å². The minimum atomic E-state index is 0.583. The zero-order valence-corrected chi connectivity index (χ0v) is 12.5. The van der Waals surface area contributed by atoms with Crippen molar-refractivity contribution in [2.75, 3.05) is 31.9 Å². The fraction of sp³-hybridized carbons (Fsp3) is 0.214. The lowest BCUT2D eigenvalue weighted by molar-refractivity contribution is 0.395. The largest absolute Gasteiger partial charge is 0.497 e. The quantitative estimate of drug-likeness (QED) is 0.744. The molecule has 0 unspecified atom stereocenters. The Morgan fingerprint density at radius 3 is 2.73 bits per heavy atom. The molecule has 3 rings (SSSR count). The second-order valence-corrected chi connectivity index (χ2v) is 4.43. The molecular weight excluding hydrogens is 284 g/mol. The van der Waals surface area contributed by atoms with E-state index in [1.165, 1.54) is 0 Å². The molecule has 22 heavy (non-hydrogen) atoms. The third-order valence-corrected chi connectivity index (χ3v) is 3.21. The first-order chi connectivity index (χ1) is 10.8. The lowest BCUT2D eigenvalue weighted by atomic mass is 10.2. The van der Waals surface area contributed by atoms with E-state index in [1.54, 1.807) is 39.7 Å². The second kappa shape index (κ2) is 5.76. The van der Waals surface area contributed by atoms with Crippen molar-refractivity contribution in [3.63, 3.8) is 0 Å². The second-order valence-electron chi connectivity index (χ2n) is 4.43. The zero-order valence-electron chi connectivity index (χ0n) is 12.5. The van der Waals surface area contributed by atoms with Crippen LogP contribution in [0.5, 0.6) is 11.5 Å². The minimum Gasteiger partial charge on any atom is -0.497 e. The number of methoxy groups -OCH3 is 2. The Bertz CT molecular complexity index is 801. The highest BCUT2D eigenvalue weighted by Gasteiger charge is 2.12. The number of nitrogens with one attached hydrogen (secondary N) is 2. The van der Waals surface area contributed by atoms with Crippen molar-refractivity contribution in [2.24, 2.45) is 0 Å². The number of nitrogens with zero attached hydrogens (tertiary/aromatic N) is 4. The summed E-state index contributed by atoms with van der Waals surface area (Å²) >= 11 is 0. The molecule has 0 aliphatic carbocycles. The number of rotatable bonds is 5. The molecule has 8 nitrogen and oxygen atoms in total. The third kappa shape index (κ3) is 2.34. The molecular formula is C14H16N6O2. The summed E-state index contributed by atoms with van der Waals surface area (Å²) in [7, 11) is 5.00. The smallest absolute Gasteiger partial charge is 0.228 e. The van der Waals surface area contributed by atoms with Crippen molar-refractivity contribution >= 4 is 23.1 Å². The molecule has 0 saturated carbocycles. The van der Waals surface area contributed by atoms with Gasteiger partial charge in [0.25, 0.3) is 0 Å². The van der Waals surface area contributed by atoms with Gasteiger partial charge in [-0.15, -0.1) is 10.2 Å². The fourth-order valence-electron chi connectivity index (χ4n) is 2.11. The van der Waals surface area contributed by atoms with Crippen molar-refractivity contribution in [1.29, 1.82) is 0 Å². The molecule has 0 atom stereocenters. The molecule has 8 heteroatoms. The van der Waals surface area contributed by atoms with Crippen molar-refractivity contribution < 1.29 is 9.47 Å². The van der Waals surface area contributed by atoms with Crippen molar-refractivity contribution in [3.8, 4) is 11.5 Å². The maximum absolute atomic E-state index is 5.37. The van der Waals surface area contributed by atoms with E-state index < -0.39 is 0 Å². The van der Waals surface area contributed by atoms with Gasteiger partial charge in [0.1, 0.15) is 11.5 Å². The summed E-state index contributed by atoms with van der Waals surface area (Å²) in [6, 6.07) is 5.50. The first-order valence-corrected chi connectivity index (χ1v) is 6.63. The molecule has 0 aliphatic rings. The number of aromatic nitrogens is 4. The third-order valence-electron chi connectivity index (χ3n) is 3.21. The van der Waals surface area contributed by atoms with E-state index in [-0.39, 0.29) is 0 Å². The Kier molecular flexibility index (Phi) is 3.65. The number of benzene rings is 1. The van der Waals surface area contributed by atoms with E-state index in [1.807, 2.05) is 16.5 Å². The van der Waals surface area contributed by atoms with E-state index in [0.717, 1.165) is 5.69 Å². The van der Waals surface area contributed by atoms with Crippen LogP contribution >= 0.6 is 0 Å². The molecule has 0 amide bonds. The highest BCUT2D eigenvalue weighted by Crippen LogP contribution is 2.31. The molecule has 0 radical (unpaired) electrons. The first kappa shape index (κ1) is 13.9. The van der Waals surface area contributed by atoms with Crippen LogP contribution in [0.2, 0.25) is 0 Å². The van der Waals surface area contributed by atoms with Gasteiger partial charge in [0.05, 0.1) is 19.9 Å². The first-order valence-electron chi connectivity index (χ1n) is 6.63. The van der Waals surface area contributed by atoms with Crippen LogP contribution in [0.15, 0.2) is 30.6 Å². The Labute approximate surface area is 127 Å². The predicted octanol–water partition coefficient (Wildman–Crippen LogP) is 1.93. The molecule has 0 aliphatic heterocycles. The summed E-state index contributed by atoms with van der Waals surface area (Å²) < 4.78 is 12.4. The summed E-state index contributed by atoms with van der Waals surface area (Å²) in [6.07, 6.45) is 3.47. The van der Waals surface area contributed by atoms with E-state index in [0.29, 0.717) is 28.9 Å². The van der Waals surface area contributed by atoms with Gasteiger partial charge >= 0.3 is 0 Å². The van der Waals surface area contributed by atoms with Gasteiger partial charge in [-0.05, 0) is 12.1 Å². The van der Waals surface area contributed by atoms with Crippen LogP contribution in [0, 0.1) is 0 Å². The maximum atomic E-state index is 5.37. The molecule has 3 aromatic rings. The molecule has 0 saturated heterocycles. The highest BCUT2D eigenvalue weighted by molar-refractivity contribution is 5.74. The van der Waals surface area contributed by atoms with Gasteiger partial charge < -0.3 is 20.1 Å². The normalized spacial score (nSPS) is 10.5.